The minimum atomic E-state index is -0.658. The Labute approximate surface area is 222 Å². The standard InChI is InChI=1S/C30H35N3O3S/c1-3-24(34)11-12-26-17-27-29(37-26)30(35)33(18-31-27)23-10-13-28(20(14-23)7-6-19-4-5-19)36-25-15-21-8-9-22(16-25)32(21)2/h10,13-14,17-19,21-22,24-25,34H,3-9,15-16H2,1-2H3/t21-,22+,24?,25?. The number of aromatic nitrogens is 2. The van der Waals surface area contributed by atoms with Gasteiger partial charge in [-0.2, -0.15) is 0 Å². The van der Waals surface area contributed by atoms with Crippen molar-refractivity contribution >= 4 is 21.6 Å². The number of ether oxygens (including phenoxy) is 1. The normalized spacial score (nSPS) is 24.1. The fraction of sp³-hybridized carbons (Fsp3) is 0.533. The molecule has 6 nitrogen and oxygen atoms in total. The highest BCUT2D eigenvalue weighted by Crippen LogP contribution is 2.38. The lowest BCUT2D eigenvalue weighted by molar-refractivity contribution is 0.0655. The zero-order valence-corrected chi connectivity index (χ0v) is 22.5. The second kappa shape index (κ2) is 10.2. The summed E-state index contributed by atoms with van der Waals surface area (Å²) in [6.45, 7) is 1.89. The molecule has 1 aliphatic carbocycles. The molecule has 0 spiro atoms. The highest BCUT2D eigenvalue weighted by atomic mass is 32.1. The van der Waals surface area contributed by atoms with Crippen LogP contribution in [0.1, 0.15) is 68.7 Å². The molecule has 2 bridgehead atoms. The van der Waals surface area contributed by atoms with E-state index < -0.39 is 6.10 Å². The molecular weight excluding hydrogens is 482 g/mol. The van der Waals surface area contributed by atoms with Gasteiger partial charge >= 0.3 is 0 Å². The zero-order valence-electron chi connectivity index (χ0n) is 21.7. The lowest BCUT2D eigenvalue weighted by Crippen LogP contribution is -2.43. The Morgan fingerprint density at radius 2 is 1.97 bits per heavy atom. The maximum absolute atomic E-state index is 13.4. The average molecular weight is 518 g/mol. The van der Waals surface area contributed by atoms with Crippen molar-refractivity contribution < 1.29 is 9.84 Å². The summed E-state index contributed by atoms with van der Waals surface area (Å²) in [6, 6.07) is 9.28. The summed E-state index contributed by atoms with van der Waals surface area (Å²) >= 11 is 1.34. The maximum Gasteiger partial charge on any atom is 0.275 e. The minimum Gasteiger partial charge on any atom is -0.490 e. The zero-order chi connectivity index (χ0) is 25.5. The van der Waals surface area contributed by atoms with Crippen molar-refractivity contribution in [1.82, 2.24) is 14.5 Å². The molecule has 194 valence electrons. The van der Waals surface area contributed by atoms with Crippen LogP contribution >= 0.6 is 11.3 Å². The number of hydrogen-bond acceptors (Lipinski definition) is 6. The van der Waals surface area contributed by atoms with Crippen LogP contribution in [0.2, 0.25) is 0 Å². The molecule has 0 amide bonds. The Balaban J connectivity index is 1.29. The fourth-order valence-corrected chi connectivity index (χ4v) is 6.75. The van der Waals surface area contributed by atoms with E-state index in [1.165, 1.54) is 49.0 Å². The minimum absolute atomic E-state index is 0.0900. The number of rotatable bonds is 7. The van der Waals surface area contributed by atoms with Gasteiger partial charge < -0.3 is 14.7 Å². The van der Waals surface area contributed by atoms with Crippen molar-refractivity contribution in [3.8, 4) is 23.3 Å². The molecule has 1 saturated carbocycles. The largest absolute Gasteiger partial charge is 0.490 e. The van der Waals surface area contributed by atoms with Crippen LogP contribution in [0.5, 0.6) is 5.75 Å². The number of aryl methyl sites for hydroxylation is 1. The van der Waals surface area contributed by atoms with E-state index in [4.69, 9.17) is 4.74 Å². The number of piperidine rings is 1. The molecule has 2 unspecified atom stereocenters. The third-order valence-electron chi connectivity index (χ3n) is 8.38. The molecule has 3 aliphatic rings. The Kier molecular flexibility index (Phi) is 6.83. The first-order valence-corrected chi connectivity index (χ1v) is 14.5. The molecule has 4 atom stereocenters. The molecule has 1 aromatic carbocycles. The second-order valence-electron chi connectivity index (χ2n) is 11.0. The highest BCUT2D eigenvalue weighted by Gasteiger charge is 2.39. The Morgan fingerprint density at radius 1 is 1.19 bits per heavy atom. The number of thiophene rings is 1. The predicted octanol–water partition coefficient (Wildman–Crippen LogP) is 4.92. The first kappa shape index (κ1) is 24.7. The number of hydrogen-bond donors (Lipinski definition) is 1. The summed E-state index contributed by atoms with van der Waals surface area (Å²) in [4.78, 5) is 21.3. The molecule has 7 heteroatoms. The van der Waals surface area contributed by atoms with E-state index in [9.17, 15) is 9.90 Å². The van der Waals surface area contributed by atoms with Crippen LogP contribution in [-0.4, -0.2) is 50.9 Å². The van der Waals surface area contributed by atoms with Crippen molar-refractivity contribution in [3.63, 3.8) is 0 Å². The van der Waals surface area contributed by atoms with Gasteiger partial charge in [0.05, 0.1) is 16.1 Å². The molecule has 3 aromatic rings. The van der Waals surface area contributed by atoms with Crippen molar-refractivity contribution in [2.45, 2.75) is 89.0 Å². The van der Waals surface area contributed by atoms with E-state index in [2.05, 4.69) is 40.9 Å². The van der Waals surface area contributed by atoms with Crippen molar-refractivity contribution in [2.75, 3.05) is 7.05 Å². The molecule has 1 N–H and O–H groups in total. The average Bonchev–Trinajstić information content (AvgIpc) is 3.60. The van der Waals surface area contributed by atoms with Crippen LogP contribution in [0.3, 0.4) is 0 Å². The van der Waals surface area contributed by atoms with Gasteiger partial charge in [-0.3, -0.25) is 9.36 Å². The molecule has 2 aromatic heterocycles. The van der Waals surface area contributed by atoms with Gasteiger partial charge in [0.25, 0.3) is 5.56 Å². The molecule has 4 heterocycles. The van der Waals surface area contributed by atoms with Gasteiger partial charge in [-0.25, -0.2) is 4.98 Å². The lowest BCUT2D eigenvalue weighted by atomic mass is 10.00. The molecule has 37 heavy (non-hydrogen) atoms. The van der Waals surface area contributed by atoms with Gasteiger partial charge in [-0.15, -0.1) is 11.3 Å². The van der Waals surface area contributed by atoms with Crippen LogP contribution in [-0.2, 0) is 6.42 Å². The summed E-state index contributed by atoms with van der Waals surface area (Å²) in [6.07, 6.45) is 11.3. The van der Waals surface area contributed by atoms with Crippen LogP contribution in [0.15, 0.2) is 35.4 Å². The van der Waals surface area contributed by atoms with Gasteiger partial charge in [0.1, 0.15) is 29.0 Å². The molecule has 2 saturated heterocycles. The molecule has 2 aliphatic heterocycles. The van der Waals surface area contributed by atoms with Crippen LogP contribution in [0.4, 0.5) is 0 Å². The first-order valence-electron chi connectivity index (χ1n) is 13.7. The Hall–Kier alpha value is -2.66. The van der Waals surface area contributed by atoms with Gasteiger partial charge in [-0.05, 0) is 87.7 Å². The van der Waals surface area contributed by atoms with E-state index in [1.807, 2.05) is 19.1 Å². The number of aliphatic hydroxyl groups excluding tert-OH is 1. The lowest BCUT2D eigenvalue weighted by Gasteiger charge is -2.36. The molecule has 3 fully saturated rings. The van der Waals surface area contributed by atoms with Gasteiger partial charge in [-0.1, -0.05) is 31.6 Å². The third-order valence-corrected chi connectivity index (χ3v) is 9.40. The highest BCUT2D eigenvalue weighted by molar-refractivity contribution is 7.19. The number of fused-ring (bicyclic) bond motifs is 3. The third kappa shape index (κ3) is 5.20. The fourth-order valence-electron chi connectivity index (χ4n) is 5.84. The van der Waals surface area contributed by atoms with E-state index >= 15 is 0 Å². The summed E-state index contributed by atoms with van der Waals surface area (Å²) in [7, 11) is 2.26. The summed E-state index contributed by atoms with van der Waals surface area (Å²) < 4.78 is 8.87. The summed E-state index contributed by atoms with van der Waals surface area (Å²) in [5.41, 5.74) is 2.57. The molecule has 0 radical (unpaired) electrons. The van der Waals surface area contributed by atoms with Gasteiger partial charge in [0, 0.05) is 12.1 Å². The van der Waals surface area contributed by atoms with E-state index in [0.717, 1.165) is 41.5 Å². The number of aliphatic hydroxyl groups is 1. The topological polar surface area (TPSA) is 67.6 Å². The van der Waals surface area contributed by atoms with Crippen molar-refractivity contribution in [2.24, 2.45) is 5.92 Å². The van der Waals surface area contributed by atoms with Crippen LogP contribution < -0.4 is 10.3 Å². The first-order chi connectivity index (χ1) is 18.0. The SMILES string of the molecule is CCC(O)C#Cc1cc2ncn(-c3ccc(OC4C[C@H]5CC[C@@H](C4)N5C)c(CCC4CC4)c3)c(=O)c2s1. The van der Waals surface area contributed by atoms with Gasteiger partial charge in [0.15, 0.2) is 0 Å². The van der Waals surface area contributed by atoms with E-state index in [0.29, 0.717) is 28.7 Å². The second-order valence-corrected chi connectivity index (χ2v) is 12.0. The molecular formula is C30H35N3O3S. The maximum atomic E-state index is 13.4. The van der Waals surface area contributed by atoms with Crippen LogP contribution in [0, 0.1) is 17.8 Å². The summed E-state index contributed by atoms with van der Waals surface area (Å²) in [5, 5.41) is 9.75. The Morgan fingerprint density at radius 3 is 2.70 bits per heavy atom. The van der Waals surface area contributed by atoms with Crippen molar-refractivity contribution in [1.29, 1.82) is 0 Å². The number of benzene rings is 1. The summed E-state index contributed by atoms with van der Waals surface area (Å²) in [5.74, 6) is 7.61. The number of nitrogens with zero attached hydrogens (tertiary/aromatic N) is 3. The predicted molar refractivity (Wildman–Crippen MR) is 148 cm³/mol. The van der Waals surface area contributed by atoms with Gasteiger partial charge in [0.2, 0.25) is 0 Å². The molecule has 6 rings (SSSR count). The van der Waals surface area contributed by atoms with Crippen molar-refractivity contribution in [3.05, 3.63) is 51.4 Å². The van der Waals surface area contributed by atoms with Crippen LogP contribution in [0.25, 0.3) is 15.9 Å². The monoisotopic (exact) mass is 517 g/mol. The quantitative estimate of drug-likeness (QED) is 0.451. The Bertz CT molecular complexity index is 1400. The van der Waals surface area contributed by atoms with E-state index in [1.54, 1.807) is 10.9 Å². The van der Waals surface area contributed by atoms with E-state index in [-0.39, 0.29) is 11.7 Å². The smallest absolute Gasteiger partial charge is 0.275 e.